The molecule has 0 spiro atoms. The molecule has 0 fully saturated rings. The van der Waals surface area contributed by atoms with Gasteiger partial charge in [-0.2, -0.15) is 0 Å². The molecule has 0 atom stereocenters. The van der Waals surface area contributed by atoms with Crippen molar-refractivity contribution in [3.63, 3.8) is 0 Å². The minimum Gasteiger partial charge on any atom is -0.494 e. The topological polar surface area (TPSA) is 46.6 Å². The Hall–Kier alpha value is -3.40. The highest BCUT2D eigenvalue weighted by Gasteiger charge is 2.34. The van der Waals surface area contributed by atoms with E-state index >= 15 is 0 Å². The highest BCUT2D eigenvalue weighted by Crippen LogP contribution is 2.24. The maximum absolute atomic E-state index is 12.3. The number of benzene rings is 3. The number of unbranched alkanes of at least 4 members (excludes halogenated alkanes) is 2. The van der Waals surface area contributed by atoms with E-state index in [1.165, 1.54) is 16.0 Å². The second kappa shape index (κ2) is 8.74. The summed E-state index contributed by atoms with van der Waals surface area (Å²) in [6.07, 6.45) is 2.56. The van der Waals surface area contributed by atoms with E-state index in [9.17, 15) is 9.59 Å². The largest absolute Gasteiger partial charge is 0.494 e. The summed E-state index contributed by atoms with van der Waals surface area (Å²) in [5.74, 6) is 0.491. The van der Waals surface area contributed by atoms with Crippen LogP contribution in [0.1, 0.15) is 40.0 Å². The quantitative estimate of drug-likeness (QED) is 0.396. The van der Waals surface area contributed by atoms with Gasteiger partial charge in [0.05, 0.1) is 17.7 Å². The lowest BCUT2D eigenvalue weighted by atomic mass is 10.1. The number of ether oxygens (including phenoxy) is 1. The van der Waals surface area contributed by atoms with E-state index in [1.54, 1.807) is 24.3 Å². The smallest absolute Gasteiger partial charge is 0.261 e. The summed E-state index contributed by atoms with van der Waals surface area (Å²) in [6.45, 7) is 1.07. The monoisotopic (exact) mass is 385 g/mol. The van der Waals surface area contributed by atoms with Crippen LogP contribution in [0.25, 0.3) is 11.1 Å². The van der Waals surface area contributed by atoms with Crippen molar-refractivity contribution in [2.45, 2.75) is 19.3 Å². The van der Waals surface area contributed by atoms with Crippen molar-refractivity contribution < 1.29 is 14.3 Å². The van der Waals surface area contributed by atoms with E-state index in [0.717, 1.165) is 25.0 Å². The van der Waals surface area contributed by atoms with E-state index in [4.69, 9.17) is 4.74 Å². The molecule has 0 aromatic heterocycles. The van der Waals surface area contributed by atoms with E-state index in [1.807, 2.05) is 30.3 Å². The zero-order chi connectivity index (χ0) is 20.1. The zero-order valence-corrected chi connectivity index (χ0v) is 16.2. The number of rotatable bonds is 8. The van der Waals surface area contributed by atoms with Gasteiger partial charge in [0.25, 0.3) is 11.8 Å². The molecule has 0 saturated heterocycles. The Morgan fingerprint density at radius 2 is 1.21 bits per heavy atom. The van der Waals surface area contributed by atoms with Crippen LogP contribution in [0.2, 0.25) is 0 Å². The van der Waals surface area contributed by atoms with Crippen molar-refractivity contribution in [3.05, 3.63) is 90.0 Å². The summed E-state index contributed by atoms with van der Waals surface area (Å²) in [5.41, 5.74) is 3.38. The second-order valence-corrected chi connectivity index (χ2v) is 7.11. The maximum Gasteiger partial charge on any atom is 0.261 e. The SMILES string of the molecule is O=C1c2ccccc2C(=O)N1CCCCCOc1ccc(-c2ccccc2)cc1. The Kier molecular flexibility index (Phi) is 5.71. The van der Waals surface area contributed by atoms with Crippen LogP contribution < -0.4 is 4.74 Å². The van der Waals surface area contributed by atoms with Crippen LogP contribution in [0, 0.1) is 0 Å². The summed E-state index contributed by atoms with van der Waals surface area (Å²) in [5, 5.41) is 0. The zero-order valence-electron chi connectivity index (χ0n) is 16.2. The molecule has 4 rings (SSSR count). The fourth-order valence-corrected chi connectivity index (χ4v) is 3.56. The van der Waals surface area contributed by atoms with Gasteiger partial charge in [-0.15, -0.1) is 0 Å². The van der Waals surface area contributed by atoms with Crippen molar-refractivity contribution in [2.24, 2.45) is 0 Å². The summed E-state index contributed by atoms with van der Waals surface area (Å²) in [4.78, 5) is 26.0. The Balaban J connectivity index is 1.18. The minimum absolute atomic E-state index is 0.180. The summed E-state index contributed by atoms with van der Waals surface area (Å²) >= 11 is 0. The van der Waals surface area contributed by atoms with Crippen LogP contribution in [0.3, 0.4) is 0 Å². The van der Waals surface area contributed by atoms with E-state index in [-0.39, 0.29) is 11.8 Å². The summed E-state index contributed by atoms with van der Waals surface area (Å²) < 4.78 is 5.81. The molecule has 0 unspecified atom stereocenters. The molecule has 3 aromatic rings. The summed E-state index contributed by atoms with van der Waals surface area (Å²) in [7, 11) is 0. The van der Waals surface area contributed by atoms with Crippen molar-refractivity contribution in [1.82, 2.24) is 4.90 Å². The number of nitrogens with zero attached hydrogens (tertiary/aromatic N) is 1. The molecule has 2 amide bonds. The Labute approximate surface area is 170 Å². The first-order valence-electron chi connectivity index (χ1n) is 9.97. The number of fused-ring (bicyclic) bond motifs is 1. The molecule has 0 bridgehead atoms. The molecule has 4 nitrogen and oxygen atoms in total. The third-order valence-electron chi connectivity index (χ3n) is 5.13. The van der Waals surface area contributed by atoms with Gasteiger partial charge in [-0.25, -0.2) is 0 Å². The van der Waals surface area contributed by atoms with Crippen LogP contribution in [0.4, 0.5) is 0 Å². The third kappa shape index (κ3) is 4.21. The van der Waals surface area contributed by atoms with Crippen LogP contribution in [-0.4, -0.2) is 29.9 Å². The molecule has 29 heavy (non-hydrogen) atoms. The lowest BCUT2D eigenvalue weighted by Crippen LogP contribution is -2.30. The Morgan fingerprint density at radius 1 is 0.621 bits per heavy atom. The first-order chi connectivity index (χ1) is 14.2. The first kappa shape index (κ1) is 18.9. The minimum atomic E-state index is -0.180. The molecule has 1 aliphatic heterocycles. The fraction of sp³-hybridized carbons (Fsp3) is 0.200. The average Bonchev–Trinajstić information content (AvgIpc) is 3.02. The van der Waals surface area contributed by atoms with Gasteiger partial charge in [0.2, 0.25) is 0 Å². The van der Waals surface area contributed by atoms with Crippen molar-refractivity contribution >= 4 is 11.8 Å². The third-order valence-corrected chi connectivity index (χ3v) is 5.13. The summed E-state index contributed by atoms with van der Waals surface area (Å²) in [6, 6.07) is 25.3. The van der Waals surface area contributed by atoms with Gasteiger partial charge < -0.3 is 4.74 Å². The van der Waals surface area contributed by atoms with Gasteiger partial charge in [-0.3, -0.25) is 14.5 Å². The molecule has 0 N–H and O–H groups in total. The molecular weight excluding hydrogens is 362 g/mol. The molecule has 3 aromatic carbocycles. The van der Waals surface area contributed by atoms with Gasteiger partial charge in [0.15, 0.2) is 0 Å². The first-order valence-corrected chi connectivity index (χ1v) is 9.97. The second-order valence-electron chi connectivity index (χ2n) is 7.11. The highest BCUT2D eigenvalue weighted by atomic mass is 16.5. The Morgan fingerprint density at radius 3 is 1.86 bits per heavy atom. The molecule has 0 aliphatic carbocycles. The lowest BCUT2D eigenvalue weighted by Gasteiger charge is -2.13. The fourth-order valence-electron chi connectivity index (χ4n) is 3.56. The van der Waals surface area contributed by atoms with Gasteiger partial charge in [0.1, 0.15) is 5.75 Å². The molecule has 146 valence electrons. The van der Waals surface area contributed by atoms with Crippen LogP contribution in [-0.2, 0) is 0 Å². The van der Waals surface area contributed by atoms with Crippen LogP contribution in [0.5, 0.6) is 5.75 Å². The van der Waals surface area contributed by atoms with Crippen molar-refractivity contribution in [3.8, 4) is 16.9 Å². The molecule has 1 heterocycles. The Bertz CT molecular complexity index is 961. The normalized spacial score (nSPS) is 12.9. The van der Waals surface area contributed by atoms with Gasteiger partial charge in [-0.05, 0) is 54.7 Å². The van der Waals surface area contributed by atoms with Crippen molar-refractivity contribution in [2.75, 3.05) is 13.2 Å². The van der Waals surface area contributed by atoms with Crippen LogP contribution in [0.15, 0.2) is 78.9 Å². The highest BCUT2D eigenvalue weighted by molar-refractivity contribution is 6.21. The van der Waals surface area contributed by atoms with Crippen LogP contribution >= 0.6 is 0 Å². The van der Waals surface area contributed by atoms with E-state index < -0.39 is 0 Å². The van der Waals surface area contributed by atoms with E-state index in [2.05, 4.69) is 24.3 Å². The predicted molar refractivity (Wildman–Crippen MR) is 113 cm³/mol. The number of carbonyl (C=O) groups excluding carboxylic acids is 2. The maximum atomic E-state index is 12.3. The number of hydrogen-bond donors (Lipinski definition) is 0. The van der Waals surface area contributed by atoms with E-state index in [0.29, 0.717) is 24.3 Å². The molecule has 0 radical (unpaired) electrons. The average molecular weight is 385 g/mol. The number of hydrogen-bond acceptors (Lipinski definition) is 3. The molecule has 0 saturated carbocycles. The molecular formula is C25H23NO3. The molecule has 4 heteroatoms. The van der Waals surface area contributed by atoms with Crippen molar-refractivity contribution in [1.29, 1.82) is 0 Å². The van der Waals surface area contributed by atoms with Gasteiger partial charge in [0, 0.05) is 6.54 Å². The van der Waals surface area contributed by atoms with Gasteiger partial charge in [-0.1, -0.05) is 54.6 Å². The lowest BCUT2D eigenvalue weighted by molar-refractivity contribution is 0.0651. The van der Waals surface area contributed by atoms with Gasteiger partial charge >= 0.3 is 0 Å². The predicted octanol–water partition coefficient (Wildman–Crippen LogP) is 5.20. The number of imide groups is 1. The number of carbonyl (C=O) groups is 2. The molecule has 1 aliphatic rings. The standard InChI is InChI=1S/C25H23NO3/c27-24-22-11-5-6-12-23(22)25(28)26(24)17-7-2-8-18-29-21-15-13-20(14-16-21)19-9-3-1-4-10-19/h1,3-6,9-16H,2,7-8,17-18H2. The number of amides is 2.